The molecule has 1 aliphatic heterocycles. The smallest absolute Gasteiger partial charge is 0.194 e. The predicted octanol–water partition coefficient (Wildman–Crippen LogP) is 6.51. The summed E-state index contributed by atoms with van der Waals surface area (Å²) in [5.74, 6) is 0.934. The number of benzene rings is 2. The molecule has 0 spiro atoms. The Morgan fingerprint density at radius 1 is 1.11 bits per heavy atom. The summed E-state index contributed by atoms with van der Waals surface area (Å²) in [5, 5.41) is 1.46. The van der Waals surface area contributed by atoms with Crippen LogP contribution in [0.1, 0.15) is 37.3 Å². The minimum absolute atomic E-state index is 0.425. The van der Waals surface area contributed by atoms with Gasteiger partial charge in [-0.2, -0.15) is 0 Å². The lowest BCUT2D eigenvalue weighted by Gasteiger charge is -2.15. The standard InChI is InChI=1S/C24H26ClNO2/c1-2-19(20-7-10-23-21(16-20)17-24(25)28-23)15-18-5-8-22(9-6-18)27-14-13-26-11-3-4-12-26/h5-10,15-17H,2-4,11-14H2,1H3/b19-15-. The number of rotatable bonds is 7. The molecule has 0 N–H and O–H groups in total. The van der Waals surface area contributed by atoms with E-state index in [1.807, 2.05) is 12.1 Å². The zero-order valence-electron chi connectivity index (χ0n) is 16.3. The Labute approximate surface area is 171 Å². The summed E-state index contributed by atoms with van der Waals surface area (Å²) in [5.41, 5.74) is 4.47. The third-order valence-corrected chi connectivity index (χ3v) is 5.52. The van der Waals surface area contributed by atoms with Crippen LogP contribution in [0.15, 0.2) is 52.9 Å². The van der Waals surface area contributed by atoms with E-state index in [1.165, 1.54) is 42.6 Å². The molecule has 28 heavy (non-hydrogen) atoms. The van der Waals surface area contributed by atoms with Gasteiger partial charge >= 0.3 is 0 Å². The number of allylic oxidation sites excluding steroid dienone is 1. The minimum atomic E-state index is 0.425. The van der Waals surface area contributed by atoms with Crippen LogP contribution >= 0.6 is 11.6 Å². The lowest BCUT2D eigenvalue weighted by molar-refractivity contribution is 0.238. The molecule has 4 rings (SSSR count). The lowest BCUT2D eigenvalue weighted by Crippen LogP contribution is -2.25. The highest BCUT2D eigenvalue weighted by Gasteiger charge is 2.10. The summed E-state index contributed by atoms with van der Waals surface area (Å²) in [6.45, 7) is 6.37. The van der Waals surface area contributed by atoms with Crippen molar-refractivity contribution in [3.05, 3.63) is 64.9 Å². The fraction of sp³-hybridized carbons (Fsp3) is 0.333. The highest BCUT2D eigenvalue weighted by molar-refractivity contribution is 6.29. The van der Waals surface area contributed by atoms with E-state index < -0.39 is 0 Å². The van der Waals surface area contributed by atoms with Crippen LogP contribution in [0.25, 0.3) is 22.6 Å². The van der Waals surface area contributed by atoms with E-state index in [-0.39, 0.29) is 0 Å². The Kier molecular flexibility index (Phi) is 6.04. The lowest BCUT2D eigenvalue weighted by atomic mass is 9.99. The summed E-state index contributed by atoms with van der Waals surface area (Å²) in [4.78, 5) is 2.47. The van der Waals surface area contributed by atoms with Gasteiger partial charge in [0.1, 0.15) is 17.9 Å². The van der Waals surface area contributed by atoms with Crippen LogP contribution in [0.5, 0.6) is 5.75 Å². The van der Waals surface area contributed by atoms with Crippen LogP contribution in [0.3, 0.4) is 0 Å². The maximum Gasteiger partial charge on any atom is 0.194 e. The van der Waals surface area contributed by atoms with Gasteiger partial charge in [0.25, 0.3) is 0 Å². The van der Waals surface area contributed by atoms with Crippen molar-refractivity contribution >= 4 is 34.2 Å². The Balaban J connectivity index is 1.43. The van der Waals surface area contributed by atoms with Crippen LogP contribution in [0.4, 0.5) is 0 Å². The average molecular weight is 396 g/mol. The summed E-state index contributed by atoms with van der Waals surface area (Å²) in [7, 11) is 0. The first kappa shape index (κ1) is 19.1. The summed E-state index contributed by atoms with van der Waals surface area (Å²) < 4.78 is 11.4. The van der Waals surface area contributed by atoms with Gasteiger partial charge in [-0.05, 0) is 84.9 Å². The molecule has 2 aromatic carbocycles. The summed E-state index contributed by atoms with van der Waals surface area (Å²) in [6.07, 6.45) is 5.82. The highest BCUT2D eigenvalue weighted by atomic mass is 35.5. The molecule has 1 aliphatic rings. The molecule has 3 nitrogen and oxygen atoms in total. The second kappa shape index (κ2) is 8.85. The van der Waals surface area contributed by atoms with Crippen molar-refractivity contribution in [3.8, 4) is 5.75 Å². The minimum Gasteiger partial charge on any atom is -0.492 e. The van der Waals surface area contributed by atoms with Gasteiger partial charge in [0.15, 0.2) is 5.22 Å². The second-order valence-corrected chi connectivity index (χ2v) is 7.67. The van der Waals surface area contributed by atoms with Crippen molar-refractivity contribution in [2.45, 2.75) is 26.2 Å². The first-order chi connectivity index (χ1) is 13.7. The van der Waals surface area contributed by atoms with E-state index in [0.29, 0.717) is 5.22 Å². The maximum absolute atomic E-state index is 5.97. The molecule has 0 saturated carbocycles. The quantitative estimate of drug-likeness (QED) is 0.426. The van der Waals surface area contributed by atoms with Gasteiger partial charge in [0.2, 0.25) is 0 Å². The molecule has 4 heteroatoms. The van der Waals surface area contributed by atoms with Crippen LogP contribution in [-0.2, 0) is 0 Å². The number of hydrogen-bond donors (Lipinski definition) is 0. The number of halogens is 1. The monoisotopic (exact) mass is 395 g/mol. The molecule has 1 aromatic heterocycles. The van der Waals surface area contributed by atoms with E-state index in [0.717, 1.165) is 36.3 Å². The largest absolute Gasteiger partial charge is 0.492 e. The van der Waals surface area contributed by atoms with Crippen molar-refractivity contribution < 1.29 is 9.15 Å². The average Bonchev–Trinajstić information content (AvgIpc) is 3.35. The molecular formula is C24H26ClNO2. The number of nitrogens with zero attached hydrogens (tertiary/aromatic N) is 1. The summed E-state index contributed by atoms with van der Waals surface area (Å²) >= 11 is 5.97. The molecule has 0 amide bonds. The van der Waals surface area contributed by atoms with E-state index in [9.17, 15) is 0 Å². The molecule has 0 atom stereocenters. The van der Waals surface area contributed by atoms with E-state index in [4.69, 9.17) is 20.8 Å². The van der Waals surface area contributed by atoms with Crippen molar-refractivity contribution in [1.29, 1.82) is 0 Å². The highest BCUT2D eigenvalue weighted by Crippen LogP contribution is 2.29. The third-order valence-electron chi connectivity index (χ3n) is 5.33. The SMILES string of the molecule is CC/C(=C/c1ccc(OCCN2CCCC2)cc1)c1ccc2oc(Cl)cc2c1. The number of hydrogen-bond acceptors (Lipinski definition) is 3. The molecule has 0 bridgehead atoms. The third kappa shape index (κ3) is 4.60. The number of fused-ring (bicyclic) bond motifs is 1. The Bertz CT molecular complexity index is 952. The van der Waals surface area contributed by atoms with Gasteiger partial charge in [0, 0.05) is 18.0 Å². The Morgan fingerprint density at radius 3 is 2.64 bits per heavy atom. The van der Waals surface area contributed by atoms with E-state index in [2.05, 4.69) is 54.3 Å². The molecule has 0 aliphatic carbocycles. The van der Waals surface area contributed by atoms with Gasteiger partial charge < -0.3 is 9.15 Å². The summed E-state index contributed by atoms with van der Waals surface area (Å²) in [6, 6.07) is 16.4. The van der Waals surface area contributed by atoms with E-state index >= 15 is 0 Å². The number of ether oxygens (including phenoxy) is 1. The van der Waals surface area contributed by atoms with E-state index in [1.54, 1.807) is 0 Å². The molecule has 1 saturated heterocycles. The fourth-order valence-electron chi connectivity index (χ4n) is 3.76. The van der Waals surface area contributed by atoms with Crippen LogP contribution in [0, 0.1) is 0 Å². The Morgan fingerprint density at radius 2 is 1.89 bits per heavy atom. The maximum atomic E-state index is 5.97. The number of furan rings is 1. The topological polar surface area (TPSA) is 25.6 Å². The van der Waals surface area contributed by atoms with Gasteiger partial charge in [-0.15, -0.1) is 0 Å². The zero-order chi connectivity index (χ0) is 19.3. The molecule has 3 aromatic rings. The molecule has 0 radical (unpaired) electrons. The first-order valence-corrected chi connectivity index (χ1v) is 10.4. The van der Waals surface area contributed by atoms with Crippen molar-refractivity contribution in [2.24, 2.45) is 0 Å². The fourth-order valence-corrected chi connectivity index (χ4v) is 3.96. The van der Waals surface area contributed by atoms with Crippen molar-refractivity contribution in [3.63, 3.8) is 0 Å². The van der Waals surface area contributed by atoms with Gasteiger partial charge in [-0.25, -0.2) is 0 Å². The molecular weight excluding hydrogens is 370 g/mol. The van der Waals surface area contributed by atoms with Crippen molar-refractivity contribution in [2.75, 3.05) is 26.2 Å². The molecule has 146 valence electrons. The Hall–Kier alpha value is -2.23. The first-order valence-electron chi connectivity index (χ1n) is 10.1. The van der Waals surface area contributed by atoms with Crippen LogP contribution < -0.4 is 4.74 Å². The molecule has 0 unspecified atom stereocenters. The molecule has 1 fully saturated rings. The predicted molar refractivity (Wildman–Crippen MR) is 117 cm³/mol. The van der Waals surface area contributed by atoms with Crippen LogP contribution in [0.2, 0.25) is 5.22 Å². The normalized spacial score (nSPS) is 15.4. The zero-order valence-corrected chi connectivity index (χ0v) is 17.0. The van der Waals surface area contributed by atoms with Crippen molar-refractivity contribution in [1.82, 2.24) is 4.90 Å². The van der Waals surface area contributed by atoms with Gasteiger partial charge in [0.05, 0.1) is 0 Å². The van der Waals surface area contributed by atoms with Gasteiger partial charge in [-0.1, -0.05) is 31.2 Å². The molecule has 2 heterocycles. The van der Waals surface area contributed by atoms with Gasteiger partial charge in [-0.3, -0.25) is 4.90 Å². The van der Waals surface area contributed by atoms with Crippen LogP contribution in [-0.4, -0.2) is 31.1 Å². The number of likely N-dealkylation sites (tertiary alicyclic amines) is 1. The second-order valence-electron chi connectivity index (χ2n) is 7.29.